The van der Waals surface area contributed by atoms with E-state index in [1.807, 2.05) is 0 Å². The number of hydrogen-bond acceptors (Lipinski definition) is 7. The van der Waals surface area contributed by atoms with E-state index in [4.69, 9.17) is 18.9 Å². The molecule has 170 valence electrons. The van der Waals surface area contributed by atoms with Crippen LogP contribution >= 0.6 is 0 Å². The van der Waals surface area contributed by atoms with Crippen molar-refractivity contribution >= 4 is 15.9 Å². The highest BCUT2D eigenvalue weighted by molar-refractivity contribution is 7.89. The van der Waals surface area contributed by atoms with E-state index >= 15 is 0 Å². The van der Waals surface area contributed by atoms with E-state index in [2.05, 4.69) is 10.0 Å². The van der Waals surface area contributed by atoms with Crippen molar-refractivity contribution in [2.75, 3.05) is 46.7 Å². The minimum atomic E-state index is -3.93. The van der Waals surface area contributed by atoms with Gasteiger partial charge in [-0.3, -0.25) is 4.79 Å². The highest BCUT2D eigenvalue weighted by Gasteiger charge is 2.29. The average molecular weight is 445 g/mol. The summed E-state index contributed by atoms with van der Waals surface area (Å²) >= 11 is 0. The lowest BCUT2D eigenvalue weighted by Crippen LogP contribution is -2.49. The predicted molar refractivity (Wildman–Crippen MR) is 111 cm³/mol. The third kappa shape index (κ3) is 7.42. The molecule has 0 saturated heterocycles. The van der Waals surface area contributed by atoms with Gasteiger partial charge in [-0.25, -0.2) is 8.42 Å². The van der Waals surface area contributed by atoms with Gasteiger partial charge in [0.05, 0.1) is 31.3 Å². The van der Waals surface area contributed by atoms with Gasteiger partial charge in [-0.05, 0) is 24.5 Å². The van der Waals surface area contributed by atoms with Gasteiger partial charge in [0.1, 0.15) is 6.04 Å². The molecule has 1 aliphatic rings. The number of hydrogen-bond donors (Lipinski definition) is 2. The Labute approximate surface area is 178 Å². The summed E-state index contributed by atoms with van der Waals surface area (Å²) in [5.74, 6) is 0.282. The van der Waals surface area contributed by atoms with Crippen LogP contribution in [0.15, 0.2) is 23.1 Å². The maximum absolute atomic E-state index is 12.9. The summed E-state index contributed by atoms with van der Waals surface area (Å²) < 4.78 is 49.6. The molecule has 0 aromatic heterocycles. The maximum Gasteiger partial charge on any atom is 0.241 e. The number of amides is 1. The monoisotopic (exact) mass is 444 g/mol. The molecule has 0 radical (unpaired) electrons. The predicted octanol–water partition coefficient (Wildman–Crippen LogP) is 1.32. The summed E-state index contributed by atoms with van der Waals surface area (Å²) in [5.41, 5.74) is 0. The maximum atomic E-state index is 12.9. The van der Waals surface area contributed by atoms with Crippen molar-refractivity contribution in [2.45, 2.75) is 37.6 Å². The van der Waals surface area contributed by atoms with Crippen molar-refractivity contribution in [1.29, 1.82) is 0 Å². The quantitative estimate of drug-likeness (QED) is 0.468. The van der Waals surface area contributed by atoms with Gasteiger partial charge >= 0.3 is 0 Å². The van der Waals surface area contributed by atoms with E-state index in [-0.39, 0.29) is 16.7 Å². The molecule has 1 aliphatic heterocycles. The van der Waals surface area contributed by atoms with E-state index in [0.29, 0.717) is 57.5 Å². The van der Waals surface area contributed by atoms with Crippen molar-refractivity contribution in [1.82, 2.24) is 10.0 Å². The van der Waals surface area contributed by atoms with E-state index in [1.54, 1.807) is 27.0 Å². The van der Waals surface area contributed by atoms with Crippen molar-refractivity contribution in [3.8, 4) is 11.5 Å². The number of sulfonamides is 1. The number of methoxy groups -OCH3 is 1. The Morgan fingerprint density at radius 2 is 1.87 bits per heavy atom. The van der Waals surface area contributed by atoms with Crippen LogP contribution in [0, 0.1) is 5.92 Å². The van der Waals surface area contributed by atoms with Crippen molar-refractivity contribution in [3.05, 3.63) is 18.2 Å². The molecule has 9 nitrogen and oxygen atoms in total. The van der Waals surface area contributed by atoms with Crippen molar-refractivity contribution in [2.24, 2.45) is 5.92 Å². The number of carbonyl (C=O) groups is 1. The van der Waals surface area contributed by atoms with Gasteiger partial charge in [-0.1, -0.05) is 13.8 Å². The summed E-state index contributed by atoms with van der Waals surface area (Å²) in [6, 6.07) is 3.54. The zero-order chi connectivity index (χ0) is 22.0. The molecule has 1 heterocycles. The largest absolute Gasteiger partial charge is 0.490 e. The second kappa shape index (κ2) is 12.1. The molecule has 2 rings (SSSR count). The first-order valence-electron chi connectivity index (χ1n) is 10.1. The first kappa shape index (κ1) is 24.4. The highest BCUT2D eigenvalue weighted by atomic mass is 32.2. The Morgan fingerprint density at radius 3 is 2.57 bits per heavy atom. The van der Waals surface area contributed by atoms with E-state index in [1.165, 1.54) is 12.1 Å². The fourth-order valence-electron chi connectivity index (χ4n) is 2.78. The molecule has 1 unspecified atom stereocenters. The van der Waals surface area contributed by atoms with Crippen LogP contribution in [0.25, 0.3) is 0 Å². The number of nitrogens with one attached hydrogen (secondary N) is 2. The lowest BCUT2D eigenvalue weighted by molar-refractivity contribution is -0.123. The standard InChI is InChI=1S/C20H32N2O7S/c1-15(2)19(20(23)21-8-4-9-27-13-12-26-3)22-30(24,25)16-6-7-17-18(14-16)29-11-5-10-28-17/h6-7,14-15,19,22H,4-5,8-13H2,1-3H3,(H,21,23). The van der Waals surface area contributed by atoms with Gasteiger partial charge in [0, 0.05) is 32.7 Å². The van der Waals surface area contributed by atoms with E-state index < -0.39 is 16.1 Å². The number of benzene rings is 1. The molecular formula is C20H32N2O7S. The van der Waals surface area contributed by atoms with E-state index in [0.717, 1.165) is 6.42 Å². The van der Waals surface area contributed by atoms with Crippen molar-refractivity contribution < 1.29 is 32.2 Å². The molecule has 0 aliphatic carbocycles. The summed E-state index contributed by atoms with van der Waals surface area (Å²) in [5, 5.41) is 2.77. The van der Waals surface area contributed by atoms with Gasteiger partial charge in [0.25, 0.3) is 0 Å². The Balaban J connectivity index is 1.96. The van der Waals surface area contributed by atoms with Crippen LogP contribution in [0.2, 0.25) is 0 Å². The SMILES string of the molecule is COCCOCCCNC(=O)C(NS(=O)(=O)c1ccc2c(c1)OCCCO2)C(C)C. The summed E-state index contributed by atoms with van der Waals surface area (Å²) in [7, 11) is -2.33. The molecule has 1 amide bonds. The summed E-state index contributed by atoms with van der Waals surface area (Å²) in [4.78, 5) is 12.6. The number of rotatable bonds is 12. The molecule has 0 bridgehead atoms. The lowest BCUT2D eigenvalue weighted by Gasteiger charge is -2.22. The molecule has 30 heavy (non-hydrogen) atoms. The van der Waals surface area contributed by atoms with Crippen LogP contribution in [-0.4, -0.2) is 67.1 Å². The first-order valence-corrected chi connectivity index (χ1v) is 11.6. The van der Waals surface area contributed by atoms with Crippen LogP contribution in [0.3, 0.4) is 0 Å². The number of fused-ring (bicyclic) bond motifs is 1. The first-order chi connectivity index (χ1) is 14.3. The minimum Gasteiger partial charge on any atom is -0.490 e. The molecule has 10 heteroatoms. The fraction of sp³-hybridized carbons (Fsp3) is 0.650. The Kier molecular flexibility index (Phi) is 9.83. The second-order valence-electron chi connectivity index (χ2n) is 7.25. The molecule has 1 aromatic carbocycles. The Bertz CT molecular complexity index is 783. The van der Waals surface area contributed by atoms with Gasteiger partial charge in [-0.2, -0.15) is 4.72 Å². The Morgan fingerprint density at radius 1 is 1.13 bits per heavy atom. The summed E-state index contributed by atoms with van der Waals surface area (Å²) in [6.07, 6.45) is 1.34. The molecule has 0 fully saturated rings. The minimum absolute atomic E-state index is 0.0248. The molecule has 1 aromatic rings. The smallest absolute Gasteiger partial charge is 0.241 e. The number of carbonyl (C=O) groups excluding carboxylic acids is 1. The lowest BCUT2D eigenvalue weighted by atomic mass is 10.1. The Hall–Kier alpha value is -1.88. The van der Waals surface area contributed by atoms with Crippen LogP contribution in [0.4, 0.5) is 0 Å². The third-order valence-electron chi connectivity index (χ3n) is 4.46. The average Bonchev–Trinajstić information content (AvgIpc) is 2.96. The third-order valence-corrected chi connectivity index (χ3v) is 5.90. The van der Waals surface area contributed by atoms with Crippen LogP contribution < -0.4 is 19.5 Å². The summed E-state index contributed by atoms with van der Waals surface area (Å²) in [6.45, 7) is 6.43. The topological polar surface area (TPSA) is 112 Å². The van der Waals surface area contributed by atoms with Gasteiger partial charge in [0.2, 0.25) is 15.9 Å². The van der Waals surface area contributed by atoms with Crippen LogP contribution in [0.5, 0.6) is 11.5 Å². The van der Waals surface area contributed by atoms with Crippen LogP contribution in [0.1, 0.15) is 26.7 Å². The number of ether oxygens (including phenoxy) is 4. The molecular weight excluding hydrogens is 412 g/mol. The van der Waals surface area contributed by atoms with Crippen molar-refractivity contribution in [3.63, 3.8) is 0 Å². The zero-order valence-corrected chi connectivity index (χ0v) is 18.6. The molecule has 0 saturated carbocycles. The van der Waals surface area contributed by atoms with Gasteiger partial charge in [0.15, 0.2) is 11.5 Å². The normalized spacial score (nSPS) is 14.9. The molecule has 1 atom stereocenters. The fourth-order valence-corrected chi connectivity index (χ4v) is 4.14. The van der Waals surface area contributed by atoms with Gasteiger partial charge in [-0.15, -0.1) is 0 Å². The second-order valence-corrected chi connectivity index (χ2v) is 8.97. The zero-order valence-electron chi connectivity index (χ0n) is 17.8. The van der Waals surface area contributed by atoms with Crippen LogP contribution in [-0.2, 0) is 24.3 Å². The molecule has 2 N–H and O–H groups in total. The van der Waals surface area contributed by atoms with E-state index in [9.17, 15) is 13.2 Å². The molecule has 0 spiro atoms. The highest BCUT2D eigenvalue weighted by Crippen LogP contribution is 2.32. The van der Waals surface area contributed by atoms with Gasteiger partial charge < -0.3 is 24.3 Å².